The second-order valence-corrected chi connectivity index (χ2v) is 6.99. The summed E-state index contributed by atoms with van der Waals surface area (Å²) < 4.78 is 5.60. The number of para-hydroxylation sites is 2. The molecule has 0 heterocycles. The first kappa shape index (κ1) is 19.0. The summed E-state index contributed by atoms with van der Waals surface area (Å²) >= 11 is 0. The minimum absolute atomic E-state index is 0.0843. The van der Waals surface area contributed by atoms with Crippen LogP contribution in [0.25, 0.3) is 0 Å². The maximum absolute atomic E-state index is 12.3. The molecule has 5 heteroatoms. The number of hydrogen-bond donors (Lipinski definition) is 2. The summed E-state index contributed by atoms with van der Waals surface area (Å²) in [5.41, 5.74) is 4.50. The number of hydrogen-bond acceptors (Lipinski definition) is 3. The highest BCUT2D eigenvalue weighted by Gasteiger charge is 2.15. The molecule has 0 aromatic heterocycles. The third kappa shape index (κ3) is 5.09. The van der Waals surface area contributed by atoms with E-state index in [1.54, 1.807) is 24.3 Å². The van der Waals surface area contributed by atoms with Gasteiger partial charge < -0.3 is 15.4 Å². The normalized spacial score (nSPS) is 14.0. The number of carbonyl (C=O) groups excluding carboxylic acids is 2. The highest BCUT2D eigenvalue weighted by Crippen LogP contribution is 2.25. The van der Waals surface area contributed by atoms with Gasteiger partial charge in [0.15, 0.2) is 6.61 Å². The monoisotopic (exact) mass is 366 g/mol. The Morgan fingerprint density at radius 1 is 1.07 bits per heavy atom. The number of aryl methyl sites for hydroxylation is 2. The number of ether oxygens (including phenoxy) is 1. The summed E-state index contributed by atoms with van der Waals surface area (Å²) in [6.45, 7) is 3.31. The van der Waals surface area contributed by atoms with E-state index in [0.717, 1.165) is 18.4 Å². The molecule has 2 N–H and O–H groups in total. The van der Waals surface area contributed by atoms with Crippen molar-refractivity contribution >= 4 is 17.5 Å². The highest BCUT2D eigenvalue weighted by atomic mass is 16.5. The second kappa shape index (κ2) is 8.71. The van der Waals surface area contributed by atoms with Gasteiger partial charge in [0.25, 0.3) is 5.91 Å². The smallest absolute Gasteiger partial charge is 0.258 e. The zero-order chi connectivity index (χ0) is 19.2. The SMILES string of the molecule is CC(=O)Nc1ccccc1OCC(=O)N[C@@H](C)c1ccc2c(c1)CCCC2. The summed E-state index contributed by atoms with van der Waals surface area (Å²) in [4.78, 5) is 23.6. The highest BCUT2D eigenvalue weighted by molar-refractivity contribution is 5.90. The molecule has 27 heavy (non-hydrogen) atoms. The number of anilines is 1. The van der Waals surface area contributed by atoms with Crippen LogP contribution in [0.1, 0.15) is 49.4 Å². The number of nitrogens with one attached hydrogen (secondary N) is 2. The molecule has 0 bridgehead atoms. The van der Waals surface area contributed by atoms with Gasteiger partial charge >= 0.3 is 0 Å². The van der Waals surface area contributed by atoms with E-state index in [4.69, 9.17) is 4.74 Å². The Balaban J connectivity index is 1.57. The van der Waals surface area contributed by atoms with Crippen molar-refractivity contribution in [3.8, 4) is 5.75 Å². The van der Waals surface area contributed by atoms with Gasteiger partial charge in [0.05, 0.1) is 11.7 Å². The Morgan fingerprint density at radius 3 is 2.59 bits per heavy atom. The van der Waals surface area contributed by atoms with Crippen LogP contribution in [0.5, 0.6) is 5.75 Å². The first-order valence-electron chi connectivity index (χ1n) is 9.43. The van der Waals surface area contributed by atoms with E-state index in [1.165, 1.54) is 30.9 Å². The summed E-state index contributed by atoms with van der Waals surface area (Å²) in [6, 6.07) is 13.5. The fourth-order valence-corrected chi connectivity index (χ4v) is 3.42. The van der Waals surface area contributed by atoms with Gasteiger partial charge in [-0.25, -0.2) is 0 Å². The first-order chi connectivity index (χ1) is 13.0. The Kier molecular flexibility index (Phi) is 6.12. The van der Waals surface area contributed by atoms with Gasteiger partial charge in [-0.1, -0.05) is 30.3 Å². The van der Waals surface area contributed by atoms with Crippen molar-refractivity contribution in [2.24, 2.45) is 0 Å². The molecule has 0 unspecified atom stereocenters. The van der Waals surface area contributed by atoms with Crippen molar-refractivity contribution in [2.75, 3.05) is 11.9 Å². The average Bonchev–Trinajstić information content (AvgIpc) is 2.66. The molecule has 3 rings (SSSR count). The van der Waals surface area contributed by atoms with Crippen molar-refractivity contribution in [3.05, 3.63) is 59.2 Å². The number of rotatable bonds is 6. The summed E-state index contributed by atoms with van der Waals surface area (Å²) in [5, 5.41) is 5.68. The molecule has 142 valence electrons. The molecule has 0 aliphatic heterocycles. The molecule has 0 radical (unpaired) electrons. The number of amides is 2. The lowest BCUT2D eigenvalue weighted by atomic mass is 9.89. The third-order valence-electron chi connectivity index (χ3n) is 4.81. The molecule has 0 saturated heterocycles. The van der Waals surface area contributed by atoms with Crippen molar-refractivity contribution < 1.29 is 14.3 Å². The molecule has 1 aliphatic rings. The Hall–Kier alpha value is -2.82. The van der Waals surface area contributed by atoms with Crippen molar-refractivity contribution in [1.82, 2.24) is 5.32 Å². The molecule has 2 aromatic carbocycles. The lowest BCUT2D eigenvalue weighted by Gasteiger charge is -2.20. The molecule has 0 spiro atoms. The minimum Gasteiger partial charge on any atom is -0.482 e. The predicted octanol–water partition coefficient (Wildman–Crippen LogP) is 3.78. The molecule has 2 aromatic rings. The number of fused-ring (bicyclic) bond motifs is 1. The zero-order valence-electron chi connectivity index (χ0n) is 15.9. The van der Waals surface area contributed by atoms with Gasteiger partial charge in [-0.3, -0.25) is 9.59 Å². The van der Waals surface area contributed by atoms with Gasteiger partial charge in [-0.05, 0) is 61.4 Å². The molecular weight excluding hydrogens is 340 g/mol. The van der Waals surface area contributed by atoms with Gasteiger partial charge in [0, 0.05) is 6.92 Å². The zero-order valence-corrected chi connectivity index (χ0v) is 15.9. The molecule has 0 fully saturated rings. The summed E-state index contributed by atoms with van der Waals surface area (Å²) in [6.07, 6.45) is 4.76. The van der Waals surface area contributed by atoms with Crippen LogP contribution in [0.15, 0.2) is 42.5 Å². The van der Waals surface area contributed by atoms with Gasteiger partial charge in [-0.2, -0.15) is 0 Å². The van der Waals surface area contributed by atoms with E-state index >= 15 is 0 Å². The molecule has 1 atom stereocenters. The van der Waals surface area contributed by atoms with Crippen molar-refractivity contribution in [1.29, 1.82) is 0 Å². The van der Waals surface area contributed by atoms with E-state index in [0.29, 0.717) is 11.4 Å². The summed E-state index contributed by atoms with van der Waals surface area (Å²) in [5.74, 6) is 0.0960. The van der Waals surface area contributed by atoms with Crippen LogP contribution in [0.4, 0.5) is 5.69 Å². The van der Waals surface area contributed by atoms with E-state index < -0.39 is 0 Å². The van der Waals surface area contributed by atoms with Crippen molar-refractivity contribution in [2.45, 2.75) is 45.6 Å². The number of carbonyl (C=O) groups is 2. The van der Waals surface area contributed by atoms with Crippen molar-refractivity contribution in [3.63, 3.8) is 0 Å². The van der Waals surface area contributed by atoms with Gasteiger partial charge in [0.1, 0.15) is 5.75 Å². The van der Waals surface area contributed by atoms with E-state index in [1.807, 2.05) is 6.92 Å². The fraction of sp³-hybridized carbons (Fsp3) is 0.364. The Morgan fingerprint density at radius 2 is 1.81 bits per heavy atom. The van der Waals surface area contributed by atoms with Crippen LogP contribution in [0.2, 0.25) is 0 Å². The lowest BCUT2D eigenvalue weighted by molar-refractivity contribution is -0.123. The topological polar surface area (TPSA) is 67.4 Å². The maximum Gasteiger partial charge on any atom is 0.258 e. The molecule has 1 aliphatic carbocycles. The number of benzene rings is 2. The Labute approximate surface area is 160 Å². The quantitative estimate of drug-likeness (QED) is 0.817. The van der Waals surface area contributed by atoms with E-state index in [2.05, 4.69) is 28.8 Å². The molecule has 5 nitrogen and oxygen atoms in total. The third-order valence-corrected chi connectivity index (χ3v) is 4.81. The van der Waals surface area contributed by atoms with Crippen LogP contribution in [-0.2, 0) is 22.4 Å². The average molecular weight is 366 g/mol. The van der Waals surface area contributed by atoms with Crippen LogP contribution in [0.3, 0.4) is 0 Å². The maximum atomic E-state index is 12.3. The minimum atomic E-state index is -0.196. The Bertz CT molecular complexity index is 832. The predicted molar refractivity (Wildman–Crippen MR) is 106 cm³/mol. The largest absolute Gasteiger partial charge is 0.482 e. The molecular formula is C22H26N2O3. The van der Waals surface area contributed by atoms with E-state index in [-0.39, 0.29) is 24.5 Å². The van der Waals surface area contributed by atoms with Crippen LogP contribution in [0, 0.1) is 0 Å². The van der Waals surface area contributed by atoms with E-state index in [9.17, 15) is 9.59 Å². The van der Waals surface area contributed by atoms with Gasteiger partial charge in [-0.15, -0.1) is 0 Å². The lowest BCUT2D eigenvalue weighted by Crippen LogP contribution is -2.31. The molecule has 2 amide bonds. The second-order valence-electron chi connectivity index (χ2n) is 6.99. The van der Waals surface area contributed by atoms with Crippen LogP contribution >= 0.6 is 0 Å². The van der Waals surface area contributed by atoms with Crippen LogP contribution in [-0.4, -0.2) is 18.4 Å². The molecule has 0 saturated carbocycles. The standard InChI is InChI=1S/C22H26N2O3/c1-15(18-12-11-17-7-3-4-8-19(17)13-18)23-22(26)14-27-21-10-6-5-9-20(21)24-16(2)25/h5-6,9-13,15H,3-4,7-8,14H2,1-2H3,(H,23,26)(H,24,25)/t15-/m0/s1. The summed E-state index contributed by atoms with van der Waals surface area (Å²) in [7, 11) is 0. The fourth-order valence-electron chi connectivity index (χ4n) is 3.42. The van der Waals surface area contributed by atoms with Gasteiger partial charge in [0.2, 0.25) is 5.91 Å². The van der Waals surface area contributed by atoms with Crippen LogP contribution < -0.4 is 15.4 Å². The first-order valence-corrected chi connectivity index (χ1v) is 9.43.